The molecule has 10 heteroatoms. The Kier molecular flexibility index (Phi) is 6.94. The van der Waals surface area contributed by atoms with Crippen molar-refractivity contribution in [2.24, 2.45) is 0 Å². The Morgan fingerprint density at radius 1 is 0.969 bits per heavy atom. The molecule has 7 nitrogen and oxygen atoms in total. The van der Waals surface area contributed by atoms with Crippen LogP contribution in [0.4, 0.5) is 8.78 Å². The SMILES string of the molecule is CC(=O)N1CCN(S(=O)(=O)c2ccc(C(=O)N(C)C(C)c3ccc(F)c(F)c3)cc2)CC1. The maximum Gasteiger partial charge on any atom is 0.254 e. The van der Waals surface area contributed by atoms with Gasteiger partial charge in [0.05, 0.1) is 10.9 Å². The summed E-state index contributed by atoms with van der Waals surface area (Å²) in [4.78, 5) is 27.3. The summed E-state index contributed by atoms with van der Waals surface area (Å²) in [6.45, 7) is 4.21. The lowest BCUT2D eigenvalue weighted by atomic mass is 10.1. The minimum absolute atomic E-state index is 0.0571. The predicted molar refractivity (Wildman–Crippen MR) is 114 cm³/mol. The van der Waals surface area contributed by atoms with Gasteiger partial charge in [-0.25, -0.2) is 17.2 Å². The summed E-state index contributed by atoms with van der Waals surface area (Å²) in [6, 6.07) is 8.53. The van der Waals surface area contributed by atoms with E-state index in [1.165, 1.54) is 53.5 Å². The number of halogens is 2. The standard InChI is InChI=1S/C22H25F2N3O4S/c1-15(18-6-9-20(23)21(24)14-18)25(3)22(29)17-4-7-19(8-5-17)32(30,31)27-12-10-26(11-13-27)16(2)28/h4-9,14-15H,10-13H2,1-3H3. The zero-order chi connectivity index (χ0) is 23.6. The van der Waals surface area contributed by atoms with Crippen molar-refractivity contribution in [2.75, 3.05) is 33.2 Å². The second-order valence-corrected chi connectivity index (χ2v) is 9.64. The molecule has 0 radical (unpaired) electrons. The lowest BCUT2D eigenvalue weighted by Gasteiger charge is -2.33. The van der Waals surface area contributed by atoms with E-state index >= 15 is 0 Å². The zero-order valence-electron chi connectivity index (χ0n) is 18.1. The van der Waals surface area contributed by atoms with Gasteiger partial charge in [-0.05, 0) is 48.9 Å². The molecule has 32 heavy (non-hydrogen) atoms. The minimum Gasteiger partial charge on any atom is -0.340 e. The fourth-order valence-corrected chi connectivity index (χ4v) is 4.96. The second kappa shape index (κ2) is 9.33. The summed E-state index contributed by atoms with van der Waals surface area (Å²) < 4.78 is 53.8. The molecular weight excluding hydrogens is 440 g/mol. The van der Waals surface area contributed by atoms with Crippen molar-refractivity contribution in [3.8, 4) is 0 Å². The fraction of sp³-hybridized carbons (Fsp3) is 0.364. The Morgan fingerprint density at radius 2 is 1.56 bits per heavy atom. The first-order chi connectivity index (χ1) is 15.0. The van der Waals surface area contributed by atoms with Crippen LogP contribution < -0.4 is 0 Å². The van der Waals surface area contributed by atoms with Crippen molar-refractivity contribution in [3.63, 3.8) is 0 Å². The van der Waals surface area contributed by atoms with Crippen LogP contribution in [0.15, 0.2) is 47.4 Å². The molecule has 1 aliphatic heterocycles. The smallest absolute Gasteiger partial charge is 0.254 e. The molecule has 0 saturated carbocycles. The first kappa shape index (κ1) is 23.8. The molecule has 1 unspecified atom stereocenters. The van der Waals surface area contributed by atoms with E-state index < -0.39 is 27.7 Å². The van der Waals surface area contributed by atoms with Gasteiger partial charge in [0.15, 0.2) is 11.6 Å². The molecule has 0 N–H and O–H groups in total. The van der Waals surface area contributed by atoms with Gasteiger partial charge in [-0.15, -0.1) is 0 Å². The molecule has 0 spiro atoms. The third-order valence-electron chi connectivity index (χ3n) is 5.75. The van der Waals surface area contributed by atoms with Crippen LogP contribution in [0.3, 0.4) is 0 Å². The summed E-state index contributed by atoms with van der Waals surface area (Å²) in [5.41, 5.74) is 0.700. The molecular formula is C22H25F2N3O4S. The summed E-state index contributed by atoms with van der Waals surface area (Å²) in [5.74, 6) is -2.43. The van der Waals surface area contributed by atoms with Crippen LogP contribution in [-0.4, -0.2) is 67.6 Å². The van der Waals surface area contributed by atoms with Crippen LogP contribution in [0, 0.1) is 11.6 Å². The van der Waals surface area contributed by atoms with E-state index in [4.69, 9.17) is 0 Å². The number of amides is 2. The maximum atomic E-state index is 13.5. The number of hydrogen-bond acceptors (Lipinski definition) is 4. The number of hydrogen-bond donors (Lipinski definition) is 0. The molecule has 2 amide bonds. The summed E-state index contributed by atoms with van der Waals surface area (Å²) >= 11 is 0. The zero-order valence-corrected chi connectivity index (χ0v) is 18.9. The molecule has 2 aromatic carbocycles. The van der Waals surface area contributed by atoms with Crippen molar-refractivity contribution in [2.45, 2.75) is 24.8 Å². The van der Waals surface area contributed by atoms with Crippen LogP contribution in [-0.2, 0) is 14.8 Å². The number of carbonyl (C=O) groups is 2. The molecule has 0 bridgehead atoms. The van der Waals surface area contributed by atoms with Gasteiger partial charge in [-0.1, -0.05) is 6.07 Å². The molecule has 0 aliphatic carbocycles. The van der Waals surface area contributed by atoms with Crippen molar-refractivity contribution in [1.82, 2.24) is 14.1 Å². The topological polar surface area (TPSA) is 78.0 Å². The van der Waals surface area contributed by atoms with E-state index in [1.807, 2.05) is 0 Å². The van der Waals surface area contributed by atoms with Gasteiger partial charge in [-0.3, -0.25) is 9.59 Å². The summed E-state index contributed by atoms with van der Waals surface area (Å²) in [7, 11) is -2.21. The highest BCUT2D eigenvalue weighted by Gasteiger charge is 2.29. The van der Waals surface area contributed by atoms with Crippen molar-refractivity contribution in [3.05, 3.63) is 65.2 Å². The van der Waals surface area contributed by atoms with Crippen LogP contribution in [0.1, 0.15) is 35.8 Å². The molecule has 172 valence electrons. The second-order valence-electron chi connectivity index (χ2n) is 7.70. The number of nitrogens with zero attached hydrogens (tertiary/aromatic N) is 3. The number of piperazine rings is 1. The van der Waals surface area contributed by atoms with Gasteiger partial charge < -0.3 is 9.80 Å². The molecule has 0 aromatic heterocycles. The maximum absolute atomic E-state index is 13.5. The van der Waals surface area contributed by atoms with E-state index in [0.717, 1.165) is 12.1 Å². The van der Waals surface area contributed by atoms with E-state index in [2.05, 4.69) is 0 Å². The van der Waals surface area contributed by atoms with Crippen LogP contribution >= 0.6 is 0 Å². The number of benzene rings is 2. The first-order valence-corrected chi connectivity index (χ1v) is 11.5. The highest BCUT2D eigenvalue weighted by atomic mass is 32.2. The van der Waals surface area contributed by atoms with E-state index in [-0.39, 0.29) is 35.4 Å². The van der Waals surface area contributed by atoms with E-state index in [9.17, 15) is 26.8 Å². The third-order valence-corrected chi connectivity index (χ3v) is 7.66. The molecule has 1 saturated heterocycles. The normalized spacial score (nSPS) is 16.0. The van der Waals surface area contributed by atoms with Gasteiger partial charge in [0, 0.05) is 45.7 Å². The Hall–Kier alpha value is -2.85. The van der Waals surface area contributed by atoms with Gasteiger partial charge in [0.2, 0.25) is 15.9 Å². The lowest BCUT2D eigenvalue weighted by Crippen LogP contribution is -2.49. The average Bonchev–Trinajstić information content (AvgIpc) is 2.79. The van der Waals surface area contributed by atoms with E-state index in [0.29, 0.717) is 18.7 Å². The molecule has 1 heterocycles. The highest BCUT2D eigenvalue weighted by Crippen LogP contribution is 2.24. The molecule has 2 aromatic rings. The Morgan fingerprint density at radius 3 is 2.09 bits per heavy atom. The van der Waals surface area contributed by atoms with Crippen LogP contribution in [0.5, 0.6) is 0 Å². The predicted octanol–water partition coefficient (Wildman–Crippen LogP) is 2.65. The molecule has 1 atom stereocenters. The summed E-state index contributed by atoms with van der Waals surface area (Å²) in [6.07, 6.45) is 0. The average molecular weight is 466 g/mol. The molecule has 1 fully saturated rings. The first-order valence-electron chi connectivity index (χ1n) is 10.1. The van der Waals surface area contributed by atoms with Gasteiger partial charge in [0.25, 0.3) is 5.91 Å². The molecule has 1 aliphatic rings. The largest absolute Gasteiger partial charge is 0.340 e. The van der Waals surface area contributed by atoms with Gasteiger partial charge in [-0.2, -0.15) is 4.31 Å². The number of rotatable bonds is 5. The fourth-order valence-electron chi connectivity index (χ4n) is 3.54. The Labute approximate surface area is 186 Å². The van der Waals surface area contributed by atoms with Crippen LogP contribution in [0.25, 0.3) is 0 Å². The van der Waals surface area contributed by atoms with Crippen molar-refractivity contribution < 1.29 is 26.8 Å². The van der Waals surface area contributed by atoms with Crippen molar-refractivity contribution in [1.29, 1.82) is 0 Å². The lowest BCUT2D eigenvalue weighted by molar-refractivity contribution is -0.129. The van der Waals surface area contributed by atoms with Gasteiger partial charge in [0.1, 0.15) is 0 Å². The monoisotopic (exact) mass is 465 g/mol. The Bertz CT molecular complexity index is 1110. The van der Waals surface area contributed by atoms with Crippen LogP contribution in [0.2, 0.25) is 0 Å². The number of sulfonamides is 1. The van der Waals surface area contributed by atoms with Crippen molar-refractivity contribution >= 4 is 21.8 Å². The Balaban J connectivity index is 1.72. The number of carbonyl (C=O) groups excluding carboxylic acids is 2. The molecule has 3 rings (SSSR count). The highest BCUT2D eigenvalue weighted by molar-refractivity contribution is 7.89. The third kappa shape index (κ3) is 4.81. The quantitative estimate of drug-likeness (QED) is 0.680. The summed E-state index contributed by atoms with van der Waals surface area (Å²) in [5, 5.41) is 0. The minimum atomic E-state index is -3.75. The van der Waals surface area contributed by atoms with E-state index in [1.54, 1.807) is 11.8 Å². The van der Waals surface area contributed by atoms with Gasteiger partial charge >= 0.3 is 0 Å².